The van der Waals surface area contributed by atoms with Gasteiger partial charge in [-0.2, -0.15) is 0 Å². The van der Waals surface area contributed by atoms with Crippen molar-refractivity contribution >= 4 is 13.6 Å². The van der Waals surface area contributed by atoms with E-state index in [2.05, 4.69) is 13.6 Å². The highest BCUT2D eigenvalue weighted by Crippen LogP contribution is 2.47. The summed E-state index contributed by atoms with van der Waals surface area (Å²) >= 11 is 0. The molecule has 0 fully saturated rings. The van der Waals surface area contributed by atoms with E-state index in [1.54, 1.807) is 0 Å². The van der Waals surface area contributed by atoms with Gasteiger partial charge in [-0.05, 0) is 6.42 Å². The van der Waals surface area contributed by atoms with Gasteiger partial charge in [0.25, 0.3) is 0 Å². The Balaban J connectivity index is 4.01. The summed E-state index contributed by atoms with van der Waals surface area (Å²) in [4.78, 5) is 11.2. The fraction of sp³-hybridized carbons (Fsp3) is 0.889. The molecule has 1 unspecified atom stereocenters. The summed E-state index contributed by atoms with van der Waals surface area (Å²) < 4.78 is 38.0. The molecule has 0 N–H and O–H groups in total. The SMILES string of the molecule is CCCCC(F)C(=O)COP(=O)(OC)OC. The van der Waals surface area contributed by atoms with E-state index >= 15 is 0 Å². The zero-order valence-electron chi connectivity index (χ0n) is 9.77. The van der Waals surface area contributed by atoms with E-state index in [0.29, 0.717) is 6.42 Å². The minimum atomic E-state index is -3.69. The number of ketones is 1. The molecule has 96 valence electrons. The second-order valence-electron chi connectivity index (χ2n) is 3.16. The standard InChI is InChI=1S/C9H18FO5P/c1-4-5-6-8(10)9(11)7-15-16(12,13-2)14-3/h8H,4-7H2,1-3H3. The van der Waals surface area contributed by atoms with Gasteiger partial charge in [0.2, 0.25) is 0 Å². The number of rotatable bonds is 9. The Morgan fingerprint density at radius 2 is 1.94 bits per heavy atom. The van der Waals surface area contributed by atoms with Gasteiger partial charge < -0.3 is 0 Å². The third kappa shape index (κ3) is 5.70. The summed E-state index contributed by atoms with van der Waals surface area (Å²) in [5.41, 5.74) is 0. The van der Waals surface area contributed by atoms with E-state index in [4.69, 9.17) is 0 Å². The van der Waals surface area contributed by atoms with Crippen molar-refractivity contribution < 1.29 is 27.3 Å². The lowest BCUT2D eigenvalue weighted by atomic mass is 10.1. The Kier molecular flexibility index (Phi) is 7.76. The van der Waals surface area contributed by atoms with Crippen LogP contribution in [0.2, 0.25) is 0 Å². The lowest BCUT2D eigenvalue weighted by Crippen LogP contribution is -2.20. The minimum absolute atomic E-state index is 0.156. The Bertz CT molecular complexity index is 250. The number of phosphoric acid groups is 1. The highest BCUT2D eigenvalue weighted by Gasteiger charge is 2.26. The molecular weight excluding hydrogens is 238 g/mol. The maximum absolute atomic E-state index is 13.2. The molecule has 0 radical (unpaired) electrons. The highest BCUT2D eigenvalue weighted by atomic mass is 31.2. The number of hydrogen-bond donors (Lipinski definition) is 0. The summed E-state index contributed by atoms with van der Waals surface area (Å²) in [5.74, 6) is -0.747. The maximum atomic E-state index is 13.2. The predicted molar refractivity (Wildman–Crippen MR) is 57.0 cm³/mol. The van der Waals surface area contributed by atoms with Crippen molar-refractivity contribution in [2.45, 2.75) is 32.4 Å². The largest absolute Gasteiger partial charge is 0.474 e. The fourth-order valence-corrected chi connectivity index (χ4v) is 1.60. The fourth-order valence-electron chi connectivity index (χ4n) is 0.957. The molecular formula is C9H18FO5P. The van der Waals surface area contributed by atoms with Crippen LogP contribution in [0.1, 0.15) is 26.2 Å². The first-order valence-electron chi connectivity index (χ1n) is 5.02. The highest BCUT2D eigenvalue weighted by molar-refractivity contribution is 7.48. The van der Waals surface area contributed by atoms with Crippen LogP contribution in [0.15, 0.2) is 0 Å². The van der Waals surface area contributed by atoms with Gasteiger partial charge in [-0.3, -0.25) is 18.4 Å². The van der Waals surface area contributed by atoms with Gasteiger partial charge in [0.05, 0.1) is 0 Å². The van der Waals surface area contributed by atoms with Gasteiger partial charge in [0, 0.05) is 14.2 Å². The topological polar surface area (TPSA) is 61.8 Å². The van der Waals surface area contributed by atoms with Crippen molar-refractivity contribution in [1.29, 1.82) is 0 Å². The normalized spacial score (nSPS) is 13.8. The van der Waals surface area contributed by atoms with Crippen LogP contribution in [-0.2, 0) is 22.9 Å². The van der Waals surface area contributed by atoms with Gasteiger partial charge in [-0.1, -0.05) is 19.8 Å². The molecule has 7 heteroatoms. The third-order valence-corrected chi connectivity index (χ3v) is 3.31. The van der Waals surface area contributed by atoms with E-state index in [9.17, 15) is 13.8 Å². The van der Waals surface area contributed by atoms with E-state index in [0.717, 1.165) is 20.6 Å². The summed E-state index contributed by atoms with van der Waals surface area (Å²) in [6.45, 7) is 1.29. The van der Waals surface area contributed by atoms with Gasteiger partial charge in [-0.25, -0.2) is 8.96 Å². The molecule has 0 amide bonds. The second kappa shape index (κ2) is 7.90. The van der Waals surface area contributed by atoms with Crippen LogP contribution >= 0.6 is 7.82 Å². The molecule has 0 saturated heterocycles. The molecule has 0 aromatic carbocycles. The lowest BCUT2D eigenvalue weighted by Gasteiger charge is -2.13. The average molecular weight is 256 g/mol. The van der Waals surface area contributed by atoms with E-state index in [1.165, 1.54) is 0 Å². The van der Waals surface area contributed by atoms with E-state index in [-0.39, 0.29) is 6.42 Å². The summed E-state index contributed by atoms with van der Waals surface area (Å²) in [5, 5.41) is 0. The monoisotopic (exact) mass is 256 g/mol. The summed E-state index contributed by atoms with van der Waals surface area (Å²) in [6, 6.07) is 0. The minimum Gasteiger partial charge on any atom is -0.294 e. The number of halogens is 1. The van der Waals surface area contributed by atoms with Crippen molar-refractivity contribution in [1.82, 2.24) is 0 Å². The Labute approximate surface area is 94.9 Å². The summed E-state index contributed by atoms with van der Waals surface area (Å²) in [6.07, 6.45) is 0.00719. The molecule has 16 heavy (non-hydrogen) atoms. The molecule has 0 aromatic rings. The Morgan fingerprint density at radius 1 is 1.38 bits per heavy atom. The number of Topliss-reactive ketones (excluding diaryl/α,β-unsaturated/α-hetero) is 1. The number of carbonyl (C=O) groups excluding carboxylic acids is 1. The Hall–Kier alpha value is -0.290. The number of alkyl halides is 1. The lowest BCUT2D eigenvalue weighted by molar-refractivity contribution is -0.126. The first-order chi connectivity index (χ1) is 7.49. The van der Waals surface area contributed by atoms with Crippen molar-refractivity contribution in [3.05, 3.63) is 0 Å². The molecule has 0 aliphatic rings. The van der Waals surface area contributed by atoms with Crippen LogP contribution in [0.3, 0.4) is 0 Å². The van der Waals surface area contributed by atoms with Crippen LogP contribution in [0.4, 0.5) is 4.39 Å². The molecule has 5 nitrogen and oxygen atoms in total. The van der Waals surface area contributed by atoms with Crippen molar-refractivity contribution in [2.24, 2.45) is 0 Å². The van der Waals surface area contributed by atoms with E-state index in [1.807, 2.05) is 6.92 Å². The molecule has 0 spiro atoms. The predicted octanol–water partition coefficient (Wildman–Crippen LogP) is 2.50. The molecule has 0 saturated carbocycles. The van der Waals surface area contributed by atoms with Gasteiger partial charge >= 0.3 is 7.82 Å². The van der Waals surface area contributed by atoms with Crippen molar-refractivity contribution in [3.8, 4) is 0 Å². The average Bonchev–Trinajstić information content (AvgIpc) is 2.32. The zero-order valence-corrected chi connectivity index (χ0v) is 10.7. The number of hydrogen-bond acceptors (Lipinski definition) is 5. The first kappa shape index (κ1) is 15.7. The first-order valence-corrected chi connectivity index (χ1v) is 6.48. The quantitative estimate of drug-likeness (QED) is 0.593. The van der Waals surface area contributed by atoms with Crippen LogP contribution in [0.25, 0.3) is 0 Å². The van der Waals surface area contributed by atoms with Crippen LogP contribution < -0.4 is 0 Å². The Morgan fingerprint density at radius 3 is 2.38 bits per heavy atom. The smallest absolute Gasteiger partial charge is 0.294 e. The third-order valence-electron chi connectivity index (χ3n) is 1.97. The van der Waals surface area contributed by atoms with Gasteiger partial charge in [0.1, 0.15) is 6.61 Å². The second-order valence-corrected chi connectivity index (χ2v) is 5.04. The zero-order chi connectivity index (χ0) is 12.6. The molecule has 0 rings (SSSR count). The van der Waals surface area contributed by atoms with Crippen LogP contribution in [0, 0.1) is 0 Å². The van der Waals surface area contributed by atoms with E-state index < -0.39 is 26.4 Å². The maximum Gasteiger partial charge on any atom is 0.474 e. The van der Waals surface area contributed by atoms with Crippen LogP contribution in [-0.4, -0.2) is 32.8 Å². The number of unbranched alkanes of at least 4 members (excludes halogenated alkanes) is 1. The summed E-state index contributed by atoms with van der Waals surface area (Å²) in [7, 11) is -1.44. The number of carbonyl (C=O) groups is 1. The molecule has 0 bridgehead atoms. The molecule has 0 heterocycles. The molecule has 0 aliphatic carbocycles. The molecule has 1 atom stereocenters. The van der Waals surface area contributed by atoms with Crippen molar-refractivity contribution in [3.63, 3.8) is 0 Å². The molecule has 0 aliphatic heterocycles. The van der Waals surface area contributed by atoms with Crippen molar-refractivity contribution in [2.75, 3.05) is 20.8 Å². The van der Waals surface area contributed by atoms with Gasteiger partial charge in [-0.15, -0.1) is 0 Å². The van der Waals surface area contributed by atoms with Crippen LogP contribution in [0.5, 0.6) is 0 Å². The van der Waals surface area contributed by atoms with Gasteiger partial charge in [0.15, 0.2) is 12.0 Å². The molecule has 0 aromatic heterocycles. The number of phosphoric ester groups is 1.